The molecule has 0 aromatic heterocycles. The highest BCUT2D eigenvalue weighted by Crippen LogP contribution is 2.18. The number of benzene rings is 1. The second-order valence-corrected chi connectivity index (χ2v) is 6.25. The maximum atomic E-state index is 11.7. The van der Waals surface area contributed by atoms with Crippen molar-refractivity contribution in [1.29, 1.82) is 0 Å². The molecule has 1 fully saturated rings. The number of nitrogens with two attached hydrogens (primary N) is 1. The number of nitrogens with one attached hydrogen (secondary N) is 1. The first-order valence-electron chi connectivity index (χ1n) is 9.37. The summed E-state index contributed by atoms with van der Waals surface area (Å²) >= 11 is 0. The van der Waals surface area contributed by atoms with Crippen molar-refractivity contribution in [2.45, 2.75) is 32.2 Å². The summed E-state index contributed by atoms with van der Waals surface area (Å²) in [5, 5.41) is 3.23. The minimum absolute atomic E-state index is 0.229. The molecular formula is C19H30N4O4. The molecule has 0 spiro atoms. The van der Waals surface area contributed by atoms with Crippen molar-refractivity contribution in [3.8, 4) is 11.5 Å². The molecule has 0 atom stereocenters. The minimum atomic E-state index is -0.242. The van der Waals surface area contributed by atoms with Crippen LogP contribution in [0.3, 0.4) is 0 Å². The lowest BCUT2D eigenvalue weighted by molar-refractivity contribution is 0.0963. The average molecular weight is 378 g/mol. The first-order valence-corrected chi connectivity index (χ1v) is 9.37. The van der Waals surface area contributed by atoms with E-state index in [0.29, 0.717) is 38.8 Å². The number of piperidine rings is 1. The van der Waals surface area contributed by atoms with Crippen LogP contribution in [0.25, 0.3) is 0 Å². The van der Waals surface area contributed by atoms with Gasteiger partial charge in [0.1, 0.15) is 11.5 Å². The molecule has 150 valence electrons. The van der Waals surface area contributed by atoms with Crippen LogP contribution >= 0.6 is 0 Å². The summed E-state index contributed by atoms with van der Waals surface area (Å²) in [6.07, 6.45) is 2.18. The summed E-state index contributed by atoms with van der Waals surface area (Å²) in [6.45, 7) is 4.69. The molecular weight excluding hydrogens is 348 g/mol. The third-order valence-electron chi connectivity index (χ3n) is 4.27. The average Bonchev–Trinajstić information content (AvgIpc) is 2.68. The SMILES string of the molecule is CCOC(=O)N1CCC(NC(N)=NCCCOc2cccc(OC)c2)CC1. The number of aliphatic imine (C=N–C) groups is 1. The van der Waals surface area contributed by atoms with E-state index < -0.39 is 0 Å². The van der Waals surface area contributed by atoms with E-state index in [2.05, 4.69) is 10.3 Å². The molecule has 1 saturated heterocycles. The maximum Gasteiger partial charge on any atom is 0.409 e. The van der Waals surface area contributed by atoms with E-state index in [1.807, 2.05) is 31.2 Å². The van der Waals surface area contributed by atoms with Gasteiger partial charge in [-0.15, -0.1) is 0 Å². The van der Waals surface area contributed by atoms with Gasteiger partial charge < -0.3 is 30.2 Å². The van der Waals surface area contributed by atoms with Crippen molar-refractivity contribution in [3.63, 3.8) is 0 Å². The van der Waals surface area contributed by atoms with Crippen molar-refractivity contribution in [2.24, 2.45) is 10.7 Å². The van der Waals surface area contributed by atoms with Crippen LogP contribution < -0.4 is 20.5 Å². The highest BCUT2D eigenvalue weighted by molar-refractivity contribution is 5.78. The monoisotopic (exact) mass is 378 g/mol. The summed E-state index contributed by atoms with van der Waals surface area (Å²) < 4.78 is 15.9. The van der Waals surface area contributed by atoms with Gasteiger partial charge in [0.25, 0.3) is 0 Å². The van der Waals surface area contributed by atoms with Crippen LogP contribution in [0.2, 0.25) is 0 Å². The summed E-state index contributed by atoms with van der Waals surface area (Å²) in [4.78, 5) is 17.8. The second kappa shape index (κ2) is 11.2. The van der Waals surface area contributed by atoms with Crippen LogP contribution in [0, 0.1) is 0 Å². The van der Waals surface area contributed by atoms with Gasteiger partial charge in [0, 0.05) is 38.2 Å². The smallest absolute Gasteiger partial charge is 0.409 e. The number of carbonyl (C=O) groups is 1. The number of ether oxygens (including phenoxy) is 3. The fourth-order valence-electron chi connectivity index (χ4n) is 2.82. The van der Waals surface area contributed by atoms with E-state index >= 15 is 0 Å². The van der Waals surface area contributed by atoms with Gasteiger partial charge in [-0.2, -0.15) is 0 Å². The highest BCUT2D eigenvalue weighted by atomic mass is 16.6. The van der Waals surface area contributed by atoms with Crippen LogP contribution in [-0.2, 0) is 4.74 Å². The molecule has 1 aliphatic heterocycles. The third kappa shape index (κ3) is 7.24. The zero-order valence-electron chi connectivity index (χ0n) is 16.1. The Morgan fingerprint density at radius 3 is 2.78 bits per heavy atom. The predicted molar refractivity (Wildman–Crippen MR) is 104 cm³/mol. The normalized spacial score (nSPS) is 15.3. The number of nitrogens with zero attached hydrogens (tertiary/aromatic N) is 2. The molecule has 1 aromatic carbocycles. The fourth-order valence-corrected chi connectivity index (χ4v) is 2.82. The Balaban J connectivity index is 1.61. The molecule has 0 unspecified atom stereocenters. The number of carbonyl (C=O) groups excluding carboxylic acids is 1. The summed E-state index contributed by atoms with van der Waals surface area (Å²) in [6, 6.07) is 7.74. The Morgan fingerprint density at radius 2 is 2.07 bits per heavy atom. The first-order chi connectivity index (χ1) is 13.1. The number of methoxy groups -OCH3 is 1. The van der Waals surface area contributed by atoms with E-state index in [0.717, 1.165) is 30.8 Å². The van der Waals surface area contributed by atoms with Crippen LogP contribution in [0.15, 0.2) is 29.3 Å². The number of amides is 1. The van der Waals surface area contributed by atoms with Crippen LogP contribution in [0.5, 0.6) is 11.5 Å². The molecule has 1 heterocycles. The Hall–Kier alpha value is -2.64. The Bertz CT molecular complexity index is 615. The van der Waals surface area contributed by atoms with Crippen molar-refractivity contribution >= 4 is 12.1 Å². The first kappa shape index (κ1) is 20.7. The number of likely N-dealkylation sites (tertiary alicyclic amines) is 1. The van der Waals surface area contributed by atoms with E-state index in [4.69, 9.17) is 19.9 Å². The highest BCUT2D eigenvalue weighted by Gasteiger charge is 2.23. The molecule has 1 aliphatic rings. The van der Waals surface area contributed by atoms with Crippen molar-refractivity contribution in [1.82, 2.24) is 10.2 Å². The Labute approximate surface area is 160 Å². The molecule has 0 bridgehead atoms. The summed E-state index contributed by atoms with van der Waals surface area (Å²) in [5.74, 6) is 1.98. The standard InChI is InChI=1S/C19H30N4O4/c1-3-26-19(24)23-11-8-15(9-12-23)22-18(20)21-10-5-13-27-17-7-4-6-16(14-17)25-2/h4,6-7,14-15H,3,5,8-13H2,1-2H3,(H3,20,21,22). The molecule has 8 nitrogen and oxygen atoms in total. The lowest BCUT2D eigenvalue weighted by Crippen LogP contribution is -2.48. The summed E-state index contributed by atoms with van der Waals surface area (Å²) in [5.41, 5.74) is 5.95. The van der Waals surface area contributed by atoms with Crippen LogP contribution in [-0.4, -0.2) is 63.0 Å². The van der Waals surface area contributed by atoms with E-state index in [1.54, 1.807) is 12.0 Å². The minimum Gasteiger partial charge on any atom is -0.497 e. The van der Waals surface area contributed by atoms with Gasteiger partial charge >= 0.3 is 6.09 Å². The van der Waals surface area contributed by atoms with Gasteiger partial charge in [-0.3, -0.25) is 4.99 Å². The zero-order chi connectivity index (χ0) is 19.5. The van der Waals surface area contributed by atoms with Gasteiger partial charge in [0.05, 0.1) is 20.3 Å². The molecule has 1 aromatic rings. The summed E-state index contributed by atoms with van der Waals surface area (Å²) in [7, 11) is 1.63. The van der Waals surface area contributed by atoms with Crippen molar-refractivity contribution < 1.29 is 19.0 Å². The Kier molecular flexibility index (Phi) is 8.54. The molecule has 2 rings (SSSR count). The van der Waals surface area contributed by atoms with E-state index in [1.165, 1.54) is 0 Å². The predicted octanol–water partition coefficient (Wildman–Crippen LogP) is 1.99. The van der Waals surface area contributed by atoms with Gasteiger partial charge in [0.2, 0.25) is 0 Å². The van der Waals surface area contributed by atoms with E-state index in [-0.39, 0.29) is 12.1 Å². The number of rotatable bonds is 8. The maximum absolute atomic E-state index is 11.7. The third-order valence-corrected chi connectivity index (χ3v) is 4.27. The molecule has 1 amide bonds. The van der Waals surface area contributed by atoms with Crippen molar-refractivity contribution in [3.05, 3.63) is 24.3 Å². The van der Waals surface area contributed by atoms with Gasteiger partial charge in [-0.05, 0) is 31.9 Å². The Morgan fingerprint density at radius 1 is 1.33 bits per heavy atom. The molecule has 0 aliphatic carbocycles. The lowest BCUT2D eigenvalue weighted by Gasteiger charge is -2.31. The van der Waals surface area contributed by atoms with E-state index in [9.17, 15) is 4.79 Å². The topological polar surface area (TPSA) is 98.4 Å². The largest absolute Gasteiger partial charge is 0.497 e. The van der Waals surface area contributed by atoms with Crippen molar-refractivity contribution in [2.75, 3.05) is 40.0 Å². The molecule has 0 saturated carbocycles. The second-order valence-electron chi connectivity index (χ2n) is 6.25. The molecule has 27 heavy (non-hydrogen) atoms. The lowest BCUT2D eigenvalue weighted by atomic mass is 10.1. The fraction of sp³-hybridized carbons (Fsp3) is 0.579. The number of hydrogen-bond donors (Lipinski definition) is 2. The zero-order valence-corrected chi connectivity index (χ0v) is 16.1. The number of guanidine groups is 1. The van der Waals surface area contributed by atoms with Gasteiger partial charge in [-0.1, -0.05) is 6.07 Å². The van der Waals surface area contributed by atoms with Gasteiger partial charge in [-0.25, -0.2) is 4.79 Å². The van der Waals surface area contributed by atoms with Gasteiger partial charge in [0.15, 0.2) is 5.96 Å². The molecule has 0 radical (unpaired) electrons. The molecule has 3 N–H and O–H groups in total. The quantitative estimate of drug-likeness (QED) is 0.408. The molecule has 8 heteroatoms. The van der Waals surface area contributed by atoms with Crippen LogP contribution in [0.4, 0.5) is 4.79 Å². The number of hydrogen-bond acceptors (Lipinski definition) is 5. The van der Waals surface area contributed by atoms with Crippen LogP contribution in [0.1, 0.15) is 26.2 Å².